The van der Waals surface area contributed by atoms with Crippen LogP contribution in [0.2, 0.25) is 0 Å². The summed E-state index contributed by atoms with van der Waals surface area (Å²) in [4.78, 5) is 17.4. The number of para-hydroxylation sites is 1. The number of aromatic nitrogens is 2. The van der Waals surface area contributed by atoms with Crippen LogP contribution in [0.5, 0.6) is 5.75 Å². The monoisotopic (exact) mass is 376 g/mol. The zero-order chi connectivity index (χ0) is 19.3. The second kappa shape index (κ2) is 8.27. The van der Waals surface area contributed by atoms with Crippen LogP contribution in [0.15, 0.2) is 67.0 Å². The number of hydrogen-bond acceptors (Lipinski definition) is 4. The summed E-state index contributed by atoms with van der Waals surface area (Å²) in [5, 5.41) is 4.28. The topological polar surface area (TPSA) is 50.6 Å². The van der Waals surface area contributed by atoms with Gasteiger partial charge in [0.15, 0.2) is 0 Å². The zero-order valence-electron chi connectivity index (χ0n) is 16.0. The first-order valence-electron chi connectivity index (χ1n) is 9.48. The van der Waals surface area contributed by atoms with E-state index >= 15 is 0 Å². The highest BCUT2D eigenvalue weighted by Crippen LogP contribution is 2.19. The van der Waals surface area contributed by atoms with Gasteiger partial charge in [-0.15, -0.1) is 0 Å². The third kappa shape index (κ3) is 3.92. The van der Waals surface area contributed by atoms with E-state index in [1.807, 2.05) is 53.6 Å². The average Bonchev–Trinajstić information content (AvgIpc) is 3.29. The van der Waals surface area contributed by atoms with Crippen molar-refractivity contribution in [2.45, 2.75) is 6.54 Å². The van der Waals surface area contributed by atoms with Crippen LogP contribution in [0, 0.1) is 0 Å². The minimum atomic E-state index is 0.0622. The fraction of sp³-hybridized carbons (Fsp3) is 0.273. The number of carbonyl (C=O) groups excluding carboxylic acids is 1. The largest absolute Gasteiger partial charge is 0.497 e. The van der Waals surface area contributed by atoms with Gasteiger partial charge in [-0.25, -0.2) is 4.68 Å². The van der Waals surface area contributed by atoms with E-state index in [4.69, 9.17) is 4.74 Å². The van der Waals surface area contributed by atoms with Gasteiger partial charge < -0.3 is 9.64 Å². The summed E-state index contributed by atoms with van der Waals surface area (Å²) >= 11 is 0. The standard InChI is InChI=1S/C22H24N4O2/c1-28-19-7-4-6-18(16-19)17-24-12-14-25(15-13-24)22(27)20-8-2-3-9-21(20)26-11-5-10-23-26/h2-11,16H,12-15,17H2,1H3. The molecule has 0 unspecified atom stereocenters. The highest BCUT2D eigenvalue weighted by Gasteiger charge is 2.24. The van der Waals surface area contributed by atoms with E-state index in [-0.39, 0.29) is 5.91 Å². The third-order valence-electron chi connectivity index (χ3n) is 5.09. The maximum Gasteiger partial charge on any atom is 0.256 e. The van der Waals surface area contributed by atoms with E-state index in [9.17, 15) is 4.79 Å². The van der Waals surface area contributed by atoms with E-state index in [1.165, 1.54) is 5.56 Å². The van der Waals surface area contributed by atoms with E-state index in [1.54, 1.807) is 18.0 Å². The van der Waals surface area contributed by atoms with Crippen LogP contribution in [0.4, 0.5) is 0 Å². The van der Waals surface area contributed by atoms with E-state index in [2.05, 4.69) is 22.1 Å². The lowest BCUT2D eigenvalue weighted by atomic mass is 10.1. The Balaban J connectivity index is 1.41. The summed E-state index contributed by atoms with van der Waals surface area (Å²) < 4.78 is 7.05. The van der Waals surface area contributed by atoms with Gasteiger partial charge in [-0.05, 0) is 35.9 Å². The SMILES string of the molecule is COc1cccc(CN2CCN(C(=O)c3ccccc3-n3cccn3)CC2)c1. The Kier molecular flexibility index (Phi) is 5.39. The van der Waals surface area contributed by atoms with E-state index < -0.39 is 0 Å². The summed E-state index contributed by atoms with van der Waals surface area (Å²) in [6.07, 6.45) is 3.58. The van der Waals surface area contributed by atoms with Crippen molar-refractivity contribution >= 4 is 5.91 Å². The molecule has 0 spiro atoms. The molecule has 2 aromatic carbocycles. The number of amides is 1. The van der Waals surface area contributed by atoms with Gasteiger partial charge in [-0.2, -0.15) is 5.10 Å². The molecule has 2 heterocycles. The quantitative estimate of drug-likeness (QED) is 0.687. The molecule has 6 heteroatoms. The normalized spacial score (nSPS) is 14.8. The first-order chi connectivity index (χ1) is 13.7. The minimum absolute atomic E-state index is 0.0622. The second-order valence-corrected chi connectivity index (χ2v) is 6.89. The number of ether oxygens (including phenoxy) is 1. The van der Waals surface area contributed by atoms with E-state index in [0.717, 1.165) is 44.2 Å². The van der Waals surface area contributed by atoms with Crippen molar-refractivity contribution in [1.29, 1.82) is 0 Å². The van der Waals surface area contributed by atoms with Crippen molar-refractivity contribution in [1.82, 2.24) is 19.6 Å². The van der Waals surface area contributed by atoms with Crippen LogP contribution in [0.1, 0.15) is 15.9 Å². The molecule has 0 bridgehead atoms. The summed E-state index contributed by atoms with van der Waals surface area (Å²) in [6.45, 7) is 4.01. The molecular weight excluding hydrogens is 352 g/mol. The predicted molar refractivity (Wildman–Crippen MR) is 108 cm³/mol. The highest BCUT2D eigenvalue weighted by molar-refractivity contribution is 5.97. The lowest BCUT2D eigenvalue weighted by molar-refractivity contribution is 0.0628. The third-order valence-corrected chi connectivity index (χ3v) is 5.09. The number of carbonyl (C=O) groups is 1. The summed E-state index contributed by atoms with van der Waals surface area (Å²) in [7, 11) is 1.69. The molecule has 1 saturated heterocycles. The Morgan fingerprint density at radius 1 is 1.04 bits per heavy atom. The van der Waals surface area contributed by atoms with Crippen LogP contribution in [0.3, 0.4) is 0 Å². The Labute approximate surface area is 164 Å². The maximum atomic E-state index is 13.1. The van der Waals surface area contributed by atoms with Gasteiger partial charge in [0.2, 0.25) is 0 Å². The molecule has 1 fully saturated rings. The smallest absolute Gasteiger partial charge is 0.256 e. The van der Waals surface area contributed by atoms with Crippen molar-refractivity contribution in [2.75, 3.05) is 33.3 Å². The van der Waals surface area contributed by atoms with Gasteiger partial charge in [-0.3, -0.25) is 9.69 Å². The van der Waals surface area contributed by atoms with Crippen LogP contribution in [-0.4, -0.2) is 58.8 Å². The summed E-state index contributed by atoms with van der Waals surface area (Å²) in [5.41, 5.74) is 2.73. The van der Waals surface area contributed by atoms with Crippen LogP contribution >= 0.6 is 0 Å². The van der Waals surface area contributed by atoms with Gasteiger partial charge in [0, 0.05) is 45.1 Å². The molecule has 28 heavy (non-hydrogen) atoms. The van der Waals surface area contributed by atoms with Crippen molar-refractivity contribution in [3.63, 3.8) is 0 Å². The van der Waals surface area contributed by atoms with Gasteiger partial charge in [0.05, 0.1) is 18.4 Å². The van der Waals surface area contributed by atoms with Crippen molar-refractivity contribution in [3.8, 4) is 11.4 Å². The molecule has 1 aromatic heterocycles. The van der Waals surface area contributed by atoms with Gasteiger partial charge in [0.25, 0.3) is 5.91 Å². The molecule has 144 valence electrons. The maximum absolute atomic E-state index is 13.1. The Morgan fingerprint density at radius 3 is 2.61 bits per heavy atom. The summed E-state index contributed by atoms with van der Waals surface area (Å²) in [5.74, 6) is 0.939. The molecule has 6 nitrogen and oxygen atoms in total. The number of benzene rings is 2. The lowest BCUT2D eigenvalue weighted by Crippen LogP contribution is -2.48. The van der Waals surface area contributed by atoms with Crippen molar-refractivity contribution in [2.24, 2.45) is 0 Å². The minimum Gasteiger partial charge on any atom is -0.497 e. The molecule has 4 rings (SSSR count). The molecule has 0 saturated carbocycles. The Bertz CT molecular complexity index is 931. The average molecular weight is 376 g/mol. The molecule has 0 aliphatic carbocycles. The molecule has 0 atom stereocenters. The van der Waals surface area contributed by atoms with E-state index in [0.29, 0.717) is 5.56 Å². The summed E-state index contributed by atoms with van der Waals surface area (Å²) in [6, 6.07) is 17.6. The lowest BCUT2D eigenvalue weighted by Gasteiger charge is -2.35. The number of methoxy groups -OCH3 is 1. The Morgan fingerprint density at radius 2 is 1.86 bits per heavy atom. The first kappa shape index (κ1) is 18.3. The van der Waals surface area contributed by atoms with Gasteiger partial charge >= 0.3 is 0 Å². The number of piperazine rings is 1. The van der Waals surface area contributed by atoms with Gasteiger partial charge in [-0.1, -0.05) is 24.3 Å². The highest BCUT2D eigenvalue weighted by atomic mass is 16.5. The Hall–Kier alpha value is -3.12. The molecule has 0 N–H and O–H groups in total. The molecule has 1 aliphatic heterocycles. The molecule has 0 radical (unpaired) electrons. The fourth-order valence-corrected chi connectivity index (χ4v) is 3.57. The second-order valence-electron chi connectivity index (χ2n) is 6.89. The first-order valence-corrected chi connectivity index (χ1v) is 9.48. The fourth-order valence-electron chi connectivity index (χ4n) is 3.57. The number of rotatable bonds is 5. The zero-order valence-corrected chi connectivity index (χ0v) is 16.0. The number of nitrogens with zero attached hydrogens (tertiary/aromatic N) is 4. The van der Waals surface area contributed by atoms with Crippen LogP contribution < -0.4 is 4.74 Å². The molecule has 3 aromatic rings. The van der Waals surface area contributed by atoms with Crippen LogP contribution in [-0.2, 0) is 6.54 Å². The van der Waals surface area contributed by atoms with Crippen molar-refractivity contribution in [3.05, 3.63) is 78.1 Å². The molecule has 1 amide bonds. The molecule has 1 aliphatic rings. The predicted octanol–water partition coefficient (Wildman–Crippen LogP) is 2.84. The molecular formula is C22H24N4O2. The number of hydrogen-bond donors (Lipinski definition) is 0. The van der Waals surface area contributed by atoms with Gasteiger partial charge in [0.1, 0.15) is 5.75 Å². The van der Waals surface area contributed by atoms with Crippen LogP contribution in [0.25, 0.3) is 5.69 Å². The van der Waals surface area contributed by atoms with Crippen molar-refractivity contribution < 1.29 is 9.53 Å².